The second-order valence-corrected chi connectivity index (χ2v) is 6.89. The zero-order valence-corrected chi connectivity index (χ0v) is 14.8. The van der Waals surface area contributed by atoms with E-state index < -0.39 is 15.9 Å². The van der Waals surface area contributed by atoms with Crippen LogP contribution >= 0.6 is 0 Å². The lowest BCUT2D eigenvalue weighted by Crippen LogP contribution is -2.28. The molecule has 2 aromatic rings. The average molecular weight is 364 g/mol. The van der Waals surface area contributed by atoms with Crippen molar-refractivity contribution >= 4 is 15.9 Å². The Morgan fingerprint density at radius 1 is 1.16 bits per heavy atom. The molecular formula is C17H20N2O5S. The Morgan fingerprint density at radius 3 is 2.44 bits per heavy atom. The van der Waals surface area contributed by atoms with Crippen molar-refractivity contribution in [3.8, 4) is 11.5 Å². The predicted octanol–water partition coefficient (Wildman–Crippen LogP) is 1.46. The lowest BCUT2D eigenvalue weighted by atomic mass is 10.2. The third-order valence-corrected chi connectivity index (χ3v) is 4.33. The highest BCUT2D eigenvalue weighted by Crippen LogP contribution is 2.21. The lowest BCUT2D eigenvalue weighted by Gasteiger charge is -2.11. The van der Waals surface area contributed by atoms with Crippen molar-refractivity contribution < 1.29 is 22.7 Å². The second kappa shape index (κ2) is 8.00. The molecule has 0 bridgehead atoms. The summed E-state index contributed by atoms with van der Waals surface area (Å²) < 4.78 is 33.5. The molecule has 0 heterocycles. The number of carbonyl (C=O) groups is 1. The Bertz CT molecular complexity index is 848. The second-order valence-electron chi connectivity index (χ2n) is 5.32. The van der Waals surface area contributed by atoms with Gasteiger partial charge in [-0.15, -0.1) is 0 Å². The van der Waals surface area contributed by atoms with E-state index in [1.165, 1.54) is 25.3 Å². The van der Waals surface area contributed by atoms with Crippen molar-refractivity contribution in [1.29, 1.82) is 0 Å². The van der Waals surface area contributed by atoms with Crippen LogP contribution in [0.25, 0.3) is 0 Å². The molecule has 0 fully saturated rings. The van der Waals surface area contributed by atoms with Gasteiger partial charge in [0.15, 0.2) is 0 Å². The molecule has 0 aromatic heterocycles. The Hall–Kier alpha value is -2.58. The third kappa shape index (κ3) is 5.20. The number of ether oxygens (including phenoxy) is 2. The molecule has 0 spiro atoms. The van der Waals surface area contributed by atoms with Gasteiger partial charge in [0.2, 0.25) is 10.0 Å². The number of rotatable bonds is 7. The molecule has 2 rings (SSSR count). The molecule has 3 N–H and O–H groups in total. The number of nitrogens with two attached hydrogens (primary N) is 1. The van der Waals surface area contributed by atoms with Gasteiger partial charge in [0.05, 0.1) is 24.1 Å². The fraction of sp³-hybridized carbons (Fsp3) is 0.235. The van der Waals surface area contributed by atoms with Gasteiger partial charge in [0, 0.05) is 0 Å². The number of primary sulfonamides is 1. The summed E-state index contributed by atoms with van der Waals surface area (Å²) in [4.78, 5) is 12.1. The lowest BCUT2D eigenvalue weighted by molar-refractivity contribution is 0.0943. The summed E-state index contributed by atoms with van der Waals surface area (Å²) >= 11 is 0. The van der Waals surface area contributed by atoms with E-state index in [0.29, 0.717) is 5.75 Å². The van der Waals surface area contributed by atoms with Gasteiger partial charge in [0.25, 0.3) is 5.91 Å². The van der Waals surface area contributed by atoms with Gasteiger partial charge in [0.1, 0.15) is 18.1 Å². The van der Waals surface area contributed by atoms with Crippen molar-refractivity contribution in [3.05, 3.63) is 53.6 Å². The molecule has 0 saturated carbocycles. The maximum absolute atomic E-state index is 12.3. The first kappa shape index (κ1) is 18.8. The van der Waals surface area contributed by atoms with E-state index in [-0.39, 0.29) is 29.4 Å². The number of amides is 1. The van der Waals surface area contributed by atoms with Crippen molar-refractivity contribution in [2.45, 2.75) is 11.8 Å². The van der Waals surface area contributed by atoms with Crippen LogP contribution < -0.4 is 19.9 Å². The normalized spacial score (nSPS) is 11.0. The van der Waals surface area contributed by atoms with Gasteiger partial charge in [-0.05, 0) is 37.3 Å². The molecular weight excluding hydrogens is 344 g/mol. The molecule has 0 atom stereocenters. The van der Waals surface area contributed by atoms with E-state index in [1.807, 2.05) is 31.2 Å². The van der Waals surface area contributed by atoms with Gasteiger partial charge >= 0.3 is 0 Å². The number of hydrogen-bond donors (Lipinski definition) is 2. The molecule has 0 radical (unpaired) electrons. The molecule has 1 amide bonds. The first-order chi connectivity index (χ1) is 11.8. The summed E-state index contributed by atoms with van der Waals surface area (Å²) in [7, 11) is -2.52. The smallest absolute Gasteiger partial charge is 0.255 e. The average Bonchev–Trinajstić information content (AvgIpc) is 2.58. The van der Waals surface area contributed by atoms with Crippen molar-refractivity contribution in [1.82, 2.24) is 5.32 Å². The molecule has 134 valence electrons. The van der Waals surface area contributed by atoms with Crippen LogP contribution in [0.2, 0.25) is 0 Å². The van der Waals surface area contributed by atoms with Crippen LogP contribution in [0.3, 0.4) is 0 Å². The minimum absolute atomic E-state index is 0.0874. The van der Waals surface area contributed by atoms with E-state index in [2.05, 4.69) is 5.32 Å². The maximum atomic E-state index is 12.3. The monoisotopic (exact) mass is 364 g/mol. The SMILES string of the molecule is COc1ccc(S(N)(=O)=O)cc1C(=O)NCCOc1ccc(C)cc1. The number of aryl methyl sites for hydroxylation is 1. The molecule has 8 heteroatoms. The number of carbonyl (C=O) groups excluding carboxylic acids is 1. The van der Waals surface area contributed by atoms with E-state index in [1.54, 1.807) is 0 Å². The van der Waals surface area contributed by atoms with Crippen LogP contribution in [0.15, 0.2) is 47.4 Å². The Labute approximate surface area is 146 Å². The predicted molar refractivity (Wildman–Crippen MR) is 93.4 cm³/mol. The first-order valence-corrected chi connectivity index (χ1v) is 9.04. The number of benzene rings is 2. The van der Waals surface area contributed by atoms with Crippen molar-refractivity contribution in [2.24, 2.45) is 5.14 Å². The van der Waals surface area contributed by atoms with Crippen LogP contribution in [-0.2, 0) is 10.0 Å². The van der Waals surface area contributed by atoms with E-state index in [0.717, 1.165) is 5.56 Å². The minimum atomic E-state index is -3.91. The first-order valence-electron chi connectivity index (χ1n) is 7.50. The molecule has 0 aliphatic rings. The molecule has 0 aliphatic heterocycles. The number of sulfonamides is 1. The number of hydrogen-bond acceptors (Lipinski definition) is 5. The number of nitrogens with one attached hydrogen (secondary N) is 1. The summed E-state index contributed by atoms with van der Waals surface area (Å²) in [5, 5.41) is 7.75. The van der Waals surface area contributed by atoms with Gasteiger partial charge in [-0.1, -0.05) is 17.7 Å². The largest absolute Gasteiger partial charge is 0.496 e. The van der Waals surface area contributed by atoms with Gasteiger partial charge < -0.3 is 14.8 Å². The Morgan fingerprint density at radius 2 is 1.84 bits per heavy atom. The van der Waals surface area contributed by atoms with Crippen LogP contribution in [0, 0.1) is 6.92 Å². The molecule has 25 heavy (non-hydrogen) atoms. The fourth-order valence-electron chi connectivity index (χ4n) is 2.10. The summed E-state index contributed by atoms with van der Waals surface area (Å²) in [6, 6.07) is 11.4. The quantitative estimate of drug-likeness (QED) is 0.723. The van der Waals surface area contributed by atoms with Crippen LogP contribution in [-0.4, -0.2) is 34.6 Å². The Kier molecular flexibility index (Phi) is 6.00. The van der Waals surface area contributed by atoms with Crippen LogP contribution in [0.4, 0.5) is 0 Å². The Balaban J connectivity index is 1.99. The highest BCUT2D eigenvalue weighted by Gasteiger charge is 2.17. The molecule has 0 saturated heterocycles. The molecule has 2 aromatic carbocycles. The third-order valence-electron chi connectivity index (χ3n) is 3.42. The topological polar surface area (TPSA) is 108 Å². The maximum Gasteiger partial charge on any atom is 0.255 e. The molecule has 0 unspecified atom stereocenters. The summed E-state index contributed by atoms with van der Waals surface area (Å²) in [5.74, 6) is 0.480. The molecule has 7 nitrogen and oxygen atoms in total. The summed E-state index contributed by atoms with van der Waals surface area (Å²) in [6.07, 6.45) is 0. The highest BCUT2D eigenvalue weighted by molar-refractivity contribution is 7.89. The van der Waals surface area contributed by atoms with E-state index in [9.17, 15) is 13.2 Å². The highest BCUT2D eigenvalue weighted by atomic mass is 32.2. The van der Waals surface area contributed by atoms with Crippen LogP contribution in [0.5, 0.6) is 11.5 Å². The van der Waals surface area contributed by atoms with E-state index in [4.69, 9.17) is 14.6 Å². The standard InChI is InChI=1S/C17H20N2O5S/c1-12-3-5-13(6-4-12)24-10-9-19-17(20)15-11-14(25(18,21)22)7-8-16(15)23-2/h3-8,11H,9-10H2,1-2H3,(H,19,20)(H2,18,21,22). The van der Waals surface area contributed by atoms with E-state index >= 15 is 0 Å². The molecule has 0 aliphatic carbocycles. The zero-order chi connectivity index (χ0) is 18.4. The van der Waals surface area contributed by atoms with Gasteiger partial charge in [-0.3, -0.25) is 4.79 Å². The van der Waals surface area contributed by atoms with Gasteiger partial charge in [-0.2, -0.15) is 0 Å². The minimum Gasteiger partial charge on any atom is -0.496 e. The summed E-state index contributed by atoms with van der Waals surface area (Å²) in [5.41, 5.74) is 1.21. The fourth-order valence-corrected chi connectivity index (χ4v) is 2.64. The van der Waals surface area contributed by atoms with Crippen LogP contribution in [0.1, 0.15) is 15.9 Å². The van der Waals surface area contributed by atoms with Gasteiger partial charge in [-0.25, -0.2) is 13.6 Å². The zero-order valence-electron chi connectivity index (χ0n) is 14.0. The summed E-state index contributed by atoms with van der Waals surface area (Å²) in [6.45, 7) is 2.49. The van der Waals surface area contributed by atoms with Crippen molar-refractivity contribution in [3.63, 3.8) is 0 Å². The van der Waals surface area contributed by atoms with Crippen molar-refractivity contribution in [2.75, 3.05) is 20.3 Å². The number of methoxy groups -OCH3 is 1.